The monoisotopic (exact) mass is 412 g/mol. The Balaban J connectivity index is 1.83. The van der Waals surface area contributed by atoms with E-state index in [2.05, 4.69) is 5.32 Å². The summed E-state index contributed by atoms with van der Waals surface area (Å²) in [6.07, 6.45) is 0. The minimum absolute atomic E-state index is 0.117. The van der Waals surface area contributed by atoms with Gasteiger partial charge < -0.3 is 5.32 Å². The molecular weight excluding hydrogens is 400 g/mol. The Morgan fingerprint density at radius 3 is 2.10 bits per heavy atom. The van der Waals surface area contributed by atoms with Gasteiger partial charge in [-0.1, -0.05) is 18.2 Å². The predicted octanol–water partition coefficient (Wildman–Crippen LogP) is 4.64. The Morgan fingerprint density at radius 2 is 1.43 bits per heavy atom. The molecule has 0 fully saturated rings. The minimum atomic E-state index is -1.23. The molecular formula is C22H12F4N2O2. The van der Waals surface area contributed by atoms with Gasteiger partial charge in [0.15, 0.2) is 11.6 Å². The fraction of sp³-hybridized carbons (Fsp3) is 0. The van der Waals surface area contributed by atoms with Gasteiger partial charge >= 0.3 is 0 Å². The van der Waals surface area contributed by atoms with Gasteiger partial charge in [0, 0.05) is 11.8 Å². The quantitative estimate of drug-likeness (QED) is 0.502. The lowest BCUT2D eigenvalue weighted by Crippen LogP contribution is -2.32. The van der Waals surface area contributed by atoms with Crippen LogP contribution in [0.4, 0.5) is 28.9 Å². The molecule has 1 heterocycles. The lowest BCUT2D eigenvalue weighted by atomic mass is 10.0. The lowest BCUT2D eigenvalue weighted by molar-refractivity contribution is -0.120. The van der Waals surface area contributed by atoms with Crippen LogP contribution >= 0.6 is 0 Å². The number of carbonyl (C=O) groups is 2. The van der Waals surface area contributed by atoms with Crippen LogP contribution in [0.25, 0.3) is 5.57 Å². The normalized spacial score (nSPS) is 13.9. The van der Waals surface area contributed by atoms with Crippen LogP contribution in [0.15, 0.2) is 72.4 Å². The molecule has 0 saturated heterocycles. The van der Waals surface area contributed by atoms with E-state index in [4.69, 9.17) is 0 Å². The van der Waals surface area contributed by atoms with Crippen molar-refractivity contribution in [2.45, 2.75) is 0 Å². The van der Waals surface area contributed by atoms with Crippen molar-refractivity contribution in [1.82, 2.24) is 0 Å². The molecule has 0 unspecified atom stereocenters. The molecule has 8 heteroatoms. The topological polar surface area (TPSA) is 49.4 Å². The van der Waals surface area contributed by atoms with Crippen molar-refractivity contribution >= 4 is 28.8 Å². The summed E-state index contributed by atoms with van der Waals surface area (Å²) in [7, 11) is 0. The van der Waals surface area contributed by atoms with E-state index in [0.29, 0.717) is 4.90 Å². The zero-order valence-electron chi connectivity index (χ0n) is 15.1. The van der Waals surface area contributed by atoms with Crippen LogP contribution < -0.4 is 10.2 Å². The van der Waals surface area contributed by atoms with Gasteiger partial charge in [-0.15, -0.1) is 0 Å². The van der Waals surface area contributed by atoms with Crippen molar-refractivity contribution in [3.8, 4) is 0 Å². The van der Waals surface area contributed by atoms with Crippen molar-refractivity contribution in [1.29, 1.82) is 0 Å². The third-order valence-electron chi connectivity index (χ3n) is 4.47. The molecule has 0 radical (unpaired) electrons. The van der Waals surface area contributed by atoms with Crippen LogP contribution in [-0.2, 0) is 9.59 Å². The maximum atomic E-state index is 13.7. The number of imide groups is 1. The first-order valence-electron chi connectivity index (χ1n) is 8.72. The molecule has 0 aromatic heterocycles. The van der Waals surface area contributed by atoms with E-state index in [1.54, 1.807) is 0 Å². The summed E-state index contributed by atoms with van der Waals surface area (Å²) in [5.41, 5.74) is -0.0906. The fourth-order valence-corrected chi connectivity index (χ4v) is 3.10. The Labute approximate surface area is 168 Å². The van der Waals surface area contributed by atoms with Gasteiger partial charge in [0.2, 0.25) is 0 Å². The molecule has 1 aliphatic rings. The third-order valence-corrected chi connectivity index (χ3v) is 4.47. The van der Waals surface area contributed by atoms with Gasteiger partial charge in [-0.3, -0.25) is 9.59 Å². The van der Waals surface area contributed by atoms with E-state index in [0.717, 1.165) is 36.4 Å². The molecule has 3 aromatic rings. The van der Waals surface area contributed by atoms with Gasteiger partial charge in [0.05, 0.1) is 11.3 Å². The van der Waals surface area contributed by atoms with Gasteiger partial charge in [0.25, 0.3) is 11.8 Å². The van der Waals surface area contributed by atoms with Crippen LogP contribution in [0.5, 0.6) is 0 Å². The highest BCUT2D eigenvalue weighted by molar-refractivity contribution is 6.46. The third kappa shape index (κ3) is 3.43. The molecule has 0 atom stereocenters. The van der Waals surface area contributed by atoms with E-state index < -0.39 is 35.1 Å². The SMILES string of the molecule is O=C1C(Nc2cccc(F)c2)=C(c2ccc(F)cc2)C(=O)N1c1ccc(F)c(F)c1. The average Bonchev–Trinajstić information content (AvgIpc) is 2.95. The molecule has 4 rings (SSSR count). The number of carbonyl (C=O) groups excluding carboxylic acids is 2. The summed E-state index contributed by atoms with van der Waals surface area (Å²) in [5, 5.41) is 2.72. The molecule has 0 saturated carbocycles. The van der Waals surface area contributed by atoms with Crippen molar-refractivity contribution in [2.75, 3.05) is 10.2 Å². The summed E-state index contributed by atoms with van der Waals surface area (Å²) in [6.45, 7) is 0. The van der Waals surface area contributed by atoms with Crippen LogP contribution in [0, 0.1) is 23.3 Å². The van der Waals surface area contributed by atoms with Crippen molar-refractivity contribution in [3.05, 3.63) is 101 Å². The fourth-order valence-electron chi connectivity index (χ4n) is 3.10. The number of anilines is 2. The van der Waals surface area contributed by atoms with Crippen molar-refractivity contribution in [2.24, 2.45) is 0 Å². The van der Waals surface area contributed by atoms with E-state index >= 15 is 0 Å². The summed E-state index contributed by atoms with van der Waals surface area (Å²) in [6, 6.07) is 12.6. The molecule has 0 spiro atoms. The van der Waals surface area contributed by atoms with Crippen LogP contribution in [0.3, 0.4) is 0 Å². The van der Waals surface area contributed by atoms with Crippen molar-refractivity contribution < 1.29 is 27.2 Å². The van der Waals surface area contributed by atoms with Gasteiger partial charge in [-0.2, -0.15) is 0 Å². The first-order valence-corrected chi connectivity index (χ1v) is 8.72. The molecule has 2 amide bonds. The molecule has 0 bridgehead atoms. The van der Waals surface area contributed by atoms with Gasteiger partial charge in [-0.05, 0) is 48.0 Å². The molecule has 3 aromatic carbocycles. The molecule has 0 aliphatic carbocycles. The molecule has 1 aliphatic heterocycles. The van der Waals surface area contributed by atoms with Gasteiger partial charge in [0.1, 0.15) is 17.3 Å². The Bertz CT molecular complexity index is 1210. The Kier molecular flexibility index (Phi) is 4.83. The number of halogens is 4. The second-order valence-electron chi connectivity index (χ2n) is 6.44. The number of nitrogens with one attached hydrogen (secondary N) is 1. The second-order valence-corrected chi connectivity index (χ2v) is 6.44. The number of hydrogen-bond acceptors (Lipinski definition) is 3. The first kappa shape index (κ1) is 19.4. The molecule has 30 heavy (non-hydrogen) atoms. The van der Waals surface area contributed by atoms with E-state index in [1.807, 2.05) is 0 Å². The Morgan fingerprint density at radius 1 is 0.700 bits per heavy atom. The highest BCUT2D eigenvalue weighted by Gasteiger charge is 2.40. The maximum absolute atomic E-state index is 13.7. The molecule has 1 N–H and O–H groups in total. The summed E-state index contributed by atoms with van der Waals surface area (Å²) in [5.74, 6) is -5.16. The summed E-state index contributed by atoms with van der Waals surface area (Å²) >= 11 is 0. The van der Waals surface area contributed by atoms with Crippen LogP contribution in [0.2, 0.25) is 0 Å². The van der Waals surface area contributed by atoms with Gasteiger partial charge in [-0.25, -0.2) is 22.5 Å². The Hall–Kier alpha value is -3.94. The summed E-state index contributed by atoms with van der Waals surface area (Å²) in [4.78, 5) is 26.8. The number of benzene rings is 3. The number of rotatable bonds is 4. The second kappa shape index (κ2) is 7.47. The molecule has 4 nitrogen and oxygen atoms in total. The highest BCUT2D eigenvalue weighted by Crippen LogP contribution is 2.34. The first-order chi connectivity index (χ1) is 14.3. The standard InChI is InChI=1S/C22H12F4N2O2/c23-13-6-4-12(5-7-13)19-20(27-15-3-1-2-14(24)10-15)22(30)28(21(19)29)16-8-9-17(25)18(26)11-16/h1-11,27H. The summed E-state index contributed by atoms with van der Waals surface area (Å²) < 4.78 is 53.9. The number of amides is 2. The van der Waals surface area contributed by atoms with Crippen LogP contribution in [0.1, 0.15) is 5.56 Å². The predicted molar refractivity (Wildman–Crippen MR) is 102 cm³/mol. The average molecular weight is 412 g/mol. The zero-order chi connectivity index (χ0) is 21.4. The highest BCUT2D eigenvalue weighted by atomic mass is 19.2. The lowest BCUT2D eigenvalue weighted by Gasteiger charge is -2.15. The van der Waals surface area contributed by atoms with Crippen LogP contribution in [-0.4, -0.2) is 11.8 Å². The molecule has 150 valence electrons. The largest absolute Gasteiger partial charge is 0.350 e. The van der Waals surface area contributed by atoms with Crippen molar-refractivity contribution in [3.63, 3.8) is 0 Å². The maximum Gasteiger partial charge on any atom is 0.282 e. The number of nitrogens with zero attached hydrogens (tertiary/aromatic N) is 1. The minimum Gasteiger partial charge on any atom is -0.350 e. The van der Waals surface area contributed by atoms with E-state index in [-0.39, 0.29) is 28.2 Å². The zero-order valence-corrected chi connectivity index (χ0v) is 15.1. The van der Waals surface area contributed by atoms with E-state index in [9.17, 15) is 27.2 Å². The van der Waals surface area contributed by atoms with E-state index in [1.165, 1.54) is 30.3 Å². The smallest absolute Gasteiger partial charge is 0.282 e. The number of hydrogen-bond donors (Lipinski definition) is 1.